The Balaban J connectivity index is 2.85. The van der Waals surface area contributed by atoms with E-state index in [-0.39, 0.29) is 18.9 Å². The zero-order valence-electron chi connectivity index (χ0n) is 12.5. The van der Waals surface area contributed by atoms with Crippen LogP contribution in [0.3, 0.4) is 0 Å². The Morgan fingerprint density at radius 3 is 2.58 bits per heavy atom. The van der Waals surface area contributed by atoms with Crippen LogP contribution in [0.2, 0.25) is 0 Å². The van der Waals surface area contributed by atoms with E-state index in [1.165, 1.54) is 7.11 Å². The van der Waals surface area contributed by atoms with E-state index in [0.29, 0.717) is 5.92 Å². The minimum absolute atomic E-state index is 0.155. The largest absolute Gasteiger partial charge is 0.393 e. The number of ether oxygens (including phenoxy) is 1. The van der Waals surface area contributed by atoms with Crippen LogP contribution in [0.1, 0.15) is 40.0 Å². The molecular formula is C15H28O4. The number of hydrogen-bond acceptors (Lipinski definition) is 4. The normalized spacial score (nSPS) is 36.2. The molecule has 1 fully saturated rings. The standard InChI is InChI=1S/C15H28O4/c1-10(2)6-5-7-11(3)13-14(19-4)12(17)8-15(13,18)9-16/h7,10,12-14,16-18H,5-6,8-9H2,1-4H3/b11-7+/t12-,13+,14-,15+/m1/s1. The summed E-state index contributed by atoms with van der Waals surface area (Å²) in [5.41, 5.74) is -0.293. The molecule has 1 aliphatic carbocycles. The molecule has 0 aromatic rings. The number of methoxy groups -OCH3 is 1. The molecule has 0 bridgehead atoms. The molecule has 0 aromatic carbocycles. The Kier molecular flexibility index (Phi) is 5.99. The van der Waals surface area contributed by atoms with Crippen molar-refractivity contribution in [3.05, 3.63) is 11.6 Å². The van der Waals surface area contributed by atoms with Gasteiger partial charge in [0.15, 0.2) is 0 Å². The Morgan fingerprint density at radius 1 is 1.47 bits per heavy atom. The van der Waals surface area contributed by atoms with Gasteiger partial charge in [-0.15, -0.1) is 0 Å². The first-order chi connectivity index (χ1) is 8.85. The Hall–Kier alpha value is -0.420. The van der Waals surface area contributed by atoms with Crippen LogP contribution in [0.15, 0.2) is 11.6 Å². The molecule has 0 amide bonds. The highest BCUT2D eigenvalue weighted by atomic mass is 16.5. The predicted octanol–water partition coefficient (Wildman–Crippen LogP) is 1.49. The van der Waals surface area contributed by atoms with E-state index < -0.39 is 17.8 Å². The third-order valence-corrected chi connectivity index (χ3v) is 4.10. The molecule has 19 heavy (non-hydrogen) atoms. The number of rotatable bonds is 6. The second-order valence-electron chi connectivity index (χ2n) is 6.13. The molecule has 0 saturated heterocycles. The zero-order valence-corrected chi connectivity index (χ0v) is 12.5. The van der Waals surface area contributed by atoms with Gasteiger partial charge in [0.25, 0.3) is 0 Å². The van der Waals surface area contributed by atoms with Gasteiger partial charge in [0.05, 0.1) is 24.4 Å². The van der Waals surface area contributed by atoms with Crippen molar-refractivity contribution < 1.29 is 20.1 Å². The Labute approximate surface area is 116 Å². The summed E-state index contributed by atoms with van der Waals surface area (Å²) >= 11 is 0. The van der Waals surface area contributed by atoms with Crippen LogP contribution in [0, 0.1) is 11.8 Å². The molecule has 0 unspecified atom stereocenters. The van der Waals surface area contributed by atoms with E-state index in [1.807, 2.05) is 6.92 Å². The first-order valence-corrected chi connectivity index (χ1v) is 7.06. The fourth-order valence-corrected chi connectivity index (χ4v) is 3.04. The van der Waals surface area contributed by atoms with Gasteiger partial charge in [-0.25, -0.2) is 0 Å². The summed E-state index contributed by atoms with van der Waals surface area (Å²) in [5.74, 6) is 0.290. The van der Waals surface area contributed by atoms with E-state index in [9.17, 15) is 15.3 Å². The van der Waals surface area contributed by atoms with Gasteiger partial charge in [-0.3, -0.25) is 0 Å². The second-order valence-corrected chi connectivity index (χ2v) is 6.13. The van der Waals surface area contributed by atoms with E-state index in [2.05, 4.69) is 19.9 Å². The molecule has 4 atom stereocenters. The van der Waals surface area contributed by atoms with Crippen molar-refractivity contribution in [1.82, 2.24) is 0 Å². The average molecular weight is 272 g/mol. The number of hydrogen-bond donors (Lipinski definition) is 3. The molecule has 1 saturated carbocycles. The quantitative estimate of drug-likeness (QED) is 0.641. The van der Waals surface area contributed by atoms with Crippen LogP contribution in [0.4, 0.5) is 0 Å². The van der Waals surface area contributed by atoms with Crippen LogP contribution >= 0.6 is 0 Å². The van der Waals surface area contributed by atoms with Crippen LogP contribution in [-0.4, -0.2) is 46.8 Å². The fourth-order valence-electron chi connectivity index (χ4n) is 3.04. The highest BCUT2D eigenvalue weighted by molar-refractivity contribution is 5.18. The number of aliphatic hydroxyl groups is 3. The van der Waals surface area contributed by atoms with Gasteiger partial charge in [0.2, 0.25) is 0 Å². The molecule has 4 heteroatoms. The van der Waals surface area contributed by atoms with Gasteiger partial charge >= 0.3 is 0 Å². The zero-order chi connectivity index (χ0) is 14.6. The summed E-state index contributed by atoms with van der Waals surface area (Å²) in [7, 11) is 1.53. The highest BCUT2D eigenvalue weighted by Gasteiger charge is 2.52. The van der Waals surface area contributed by atoms with Crippen molar-refractivity contribution >= 4 is 0 Å². The summed E-state index contributed by atoms with van der Waals surface area (Å²) < 4.78 is 5.32. The molecular weight excluding hydrogens is 244 g/mol. The van der Waals surface area contributed by atoms with E-state index in [1.54, 1.807) is 0 Å². The van der Waals surface area contributed by atoms with Crippen molar-refractivity contribution in [2.45, 2.75) is 57.8 Å². The summed E-state index contributed by atoms with van der Waals surface area (Å²) in [6.45, 7) is 5.93. The van der Waals surface area contributed by atoms with Crippen molar-refractivity contribution in [3.8, 4) is 0 Å². The summed E-state index contributed by atoms with van der Waals surface area (Å²) in [4.78, 5) is 0. The van der Waals surface area contributed by atoms with Crippen molar-refractivity contribution in [3.63, 3.8) is 0 Å². The Morgan fingerprint density at radius 2 is 2.11 bits per heavy atom. The maximum Gasteiger partial charge on any atom is 0.0993 e. The first-order valence-electron chi connectivity index (χ1n) is 7.06. The molecule has 0 aromatic heterocycles. The lowest BCUT2D eigenvalue weighted by Crippen LogP contribution is -2.41. The van der Waals surface area contributed by atoms with Gasteiger partial charge in [0, 0.05) is 19.4 Å². The lowest BCUT2D eigenvalue weighted by Gasteiger charge is -2.31. The first kappa shape index (κ1) is 16.6. The number of allylic oxidation sites excluding steroid dienone is 1. The molecule has 0 heterocycles. The second kappa shape index (κ2) is 6.84. The lowest BCUT2D eigenvalue weighted by molar-refractivity contribution is -0.0580. The summed E-state index contributed by atoms with van der Waals surface area (Å²) in [6, 6.07) is 0. The minimum atomic E-state index is -1.28. The molecule has 0 radical (unpaired) electrons. The van der Waals surface area contributed by atoms with E-state index in [4.69, 9.17) is 4.74 Å². The molecule has 0 aliphatic heterocycles. The molecule has 3 N–H and O–H groups in total. The van der Waals surface area contributed by atoms with Crippen LogP contribution in [0.5, 0.6) is 0 Å². The third-order valence-electron chi connectivity index (χ3n) is 4.10. The van der Waals surface area contributed by atoms with Crippen molar-refractivity contribution in [1.29, 1.82) is 0 Å². The van der Waals surface area contributed by atoms with Gasteiger partial charge in [-0.2, -0.15) is 0 Å². The molecule has 1 aliphatic rings. The Bertz CT molecular complexity index is 313. The van der Waals surface area contributed by atoms with E-state index in [0.717, 1.165) is 18.4 Å². The minimum Gasteiger partial charge on any atom is -0.393 e. The van der Waals surface area contributed by atoms with Crippen LogP contribution in [-0.2, 0) is 4.74 Å². The highest BCUT2D eigenvalue weighted by Crippen LogP contribution is 2.42. The SMILES string of the molecule is CO[C@@H]1[C@H](O)C[C@](O)(CO)[C@H]1/C(C)=C/CCC(C)C. The van der Waals surface area contributed by atoms with Crippen LogP contribution in [0.25, 0.3) is 0 Å². The van der Waals surface area contributed by atoms with Crippen LogP contribution < -0.4 is 0 Å². The topological polar surface area (TPSA) is 69.9 Å². The lowest BCUT2D eigenvalue weighted by atomic mass is 9.84. The molecule has 1 rings (SSSR count). The molecule has 112 valence electrons. The van der Waals surface area contributed by atoms with E-state index >= 15 is 0 Å². The summed E-state index contributed by atoms with van der Waals surface area (Å²) in [5, 5.41) is 29.9. The maximum atomic E-state index is 10.5. The third kappa shape index (κ3) is 3.78. The smallest absolute Gasteiger partial charge is 0.0993 e. The van der Waals surface area contributed by atoms with Gasteiger partial charge in [0.1, 0.15) is 0 Å². The van der Waals surface area contributed by atoms with Crippen molar-refractivity contribution in [2.24, 2.45) is 11.8 Å². The predicted molar refractivity (Wildman–Crippen MR) is 74.8 cm³/mol. The number of aliphatic hydroxyl groups excluding tert-OH is 2. The monoisotopic (exact) mass is 272 g/mol. The molecule has 0 spiro atoms. The average Bonchev–Trinajstić information content (AvgIpc) is 2.60. The van der Waals surface area contributed by atoms with Gasteiger partial charge in [-0.1, -0.05) is 25.5 Å². The molecule has 4 nitrogen and oxygen atoms in total. The van der Waals surface area contributed by atoms with Gasteiger partial charge in [-0.05, 0) is 25.7 Å². The summed E-state index contributed by atoms with van der Waals surface area (Å²) in [6.07, 6.45) is 3.08. The van der Waals surface area contributed by atoms with Gasteiger partial charge < -0.3 is 20.1 Å². The maximum absolute atomic E-state index is 10.5. The van der Waals surface area contributed by atoms with Crippen molar-refractivity contribution in [2.75, 3.05) is 13.7 Å². The fraction of sp³-hybridized carbons (Fsp3) is 0.867.